The second-order valence-corrected chi connectivity index (χ2v) is 6.95. The lowest BCUT2D eigenvalue weighted by atomic mass is 9.80. The molecule has 0 amide bonds. The average molecular weight is 374 g/mol. The molecule has 8 heteroatoms. The lowest BCUT2D eigenvalue weighted by molar-refractivity contribution is -0.181. The molecule has 26 heavy (non-hydrogen) atoms. The van der Waals surface area contributed by atoms with E-state index >= 15 is 0 Å². The third-order valence-corrected chi connectivity index (χ3v) is 4.92. The highest BCUT2D eigenvalue weighted by molar-refractivity contribution is 5.97. The van der Waals surface area contributed by atoms with Gasteiger partial charge in [-0.1, -0.05) is 64.7 Å². The molecule has 1 aliphatic rings. The van der Waals surface area contributed by atoms with Crippen molar-refractivity contribution >= 4 is 17.9 Å². The van der Waals surface area contributed by atoms with Gasteiger partial charge in [0.1, 0.15) is 5.92 Å². The van der Waals surface area contributed by atoms with Gasteiger partial charge in [-0.05, 0) is 6.42 Å². The standard InChI is InChI=1S/C18H30O8/c1-2-3-4-5-6-7-8-9-10-11-12(19)13-16(22)26-14(15(20)21)18(13,25)17(23)24/h12-14,19,25H,2-11H2,1H3,(H,20,21)(H,23,24)/t12?,13-,14-,18-/m0/s1. The number of ether oxygens (including phenoxy) is 1. The van der Waals surface area contributed by atoms with E-state index in [-0.39, 0.29) is 6.42 Å². The molecule has 0 spiro atoms. The molecule has 8 nitrogen and oxygen atoms in total. The number of cyclic esters (lactones) is 1. The summed E-state index contributed by atoms with van der Waals surface area (Å²) in [5, 5.41) is 38.6. The summed E-state index contributed by atoms with van der Waals surface area (Å²) in [5.41, 5.74) is -2.97. The fourth-order valence-corrected chi connectivity index (χ4v) is 3.39. The van der Waals surface area contributed by atoms with Crippen LogP contribution in [0.25, 0.3) is 0 Å². The minimum Gasteiger partial charge on any atom is -0.479 e. The van der Waals surface area contributed by atoms with E-state index in [0.717, 1.165) is 25.7 Å². The van der Waals surface area contributed by atoms with Crippen molar-refractivity contribution in [2.24, 2.45) is 5.92 Å². The number of esters is 1. The van der Waals surface area contributed by atoms with Gasteiger partial charge in [0.05, 0.1) is 6.10 Å². The van der Waals surface area contributed by atoms with Crippen molar-refractivity contribution in [1.29, 1.82) is 0 Å². The molecule has 1 fully saturated rings. The van der Waals surface area contributed by atoms with Crippen molar-refractivity contribution in [3.8, 4) is 0 Å². The quantitative estimate of drug-likeness (QED) is 0.282. The third kappa shape index (κ3) is 5.41. The van der Waals surface area contributed by atoms with Gasteiger partial charge in [-0.2, -0.15) is 0 Å². The van der Waals surface area contributed by atoms with Crippen LogP contribution in [0, 0.1) is 5.92 Å². The highest BCUT2D eigenvalue weighted by Crippen LogP contribution is 2.37. The fourth-order valence-electron chi connectivity index (χ4n) is 3.39. The van der Waals surface area contributed by atoms with Crippen LogP contribution < -0.4 is 0 Å². The van der Waals surface area contributed by atoms with E-state index in [9.17, 15) is 29.7 Å². The van der Waals surface area contributed by atoms with Gasteiger partial charge in [-0.15, -0.1) is 0 Å². The normalized spacial score (nSPS) is 26.5. The molecule has 0 bridgehead atoms. The lowest BCUT2D eigenvalue weighted by Crippen LogP contribution is -2.57. The Morgan fingerprint density at radius 2 is 1.54 bits per heavy atom. The molecule has 0 aromatic carbocycles. The van der Waals surface area contributed by atoms with Crippen LogP contribution in [0.3, 0.4) is 0 Å². The number of hydrogen-bond acceptors (Lipinski definition) is 6. The van der Waals surface area contributed by atoms with Crippen LogP contribution in [0.4, 0.5) is 0 Å². The predicted octanol–water partition coefficient (Wildman–Crippen LogP) is 1.71. The summed E-state index contributed by atoms with van der Waals surface area (Å²) < 4.78 is 4.50. The van der Waals surface area contributed by atoms with Crippen molar-refractivity contribution < 1.29 is 39.5 Å². The zero-order valence-corrected chi connectivity index (χ0v) is 15.2. The first-order valence-electron chi connectivity index (χ1n) is 9.33. The van der Waals surface area contributed by atoms with Crippen LogP contribution in [-0.2, 0) is 19.1 Å². The number of carbonyl (C=O) groups excluding carboxylic acids is 1. The van der Waals surface area contributed by atoms with Crippen LogP contribution >= 0.6 is 0 Å². The summed E-state index contributed by atoms with van der Waals surface area (Å²) >= 11 is 0. The summed E-state index contributed by atoms with van der Waals surface area (Å²) in [4.78, 5) is 34.3. The van der Waals surface area contributed by atoms with E-state index < -0.39 is 41.6 Å². The predicted molar refractivity (Wildman–Crippen MR) is 91.4 cm³/mol. The van der Waals surface area contributed by atoms with Gasteiger partial charge in [0.25, 0.3) is 0 Å². The van der Waals surface area contributed by atoms with E-state index in [2.05, 4.69) is 11.7 Å². The summed E-state index contributed by atoms with van der Waals surface area (Å²) in [7, 11) is 0. The fraction of sp³-hybridized carbons (Fsp3) is 0.833. The molecule has 1 unspecified atom stereocenters. The molecule has 0 saturated carbocycles. The van der Waals surface area contributed by atoms with Crippen LogP contribution in [0.15, 0.2) is 0 Å². The molecular weight excluding hydrogens is 344 g/mol. The topological polar surface area (TPSA) is 141 Å². The molecule has 4 atom stereocenters. The first-order chi connectivity index (χ1) is 12.3. The van der Waals surface area contributed by atoms with Crippen molar-refractivity contribution in [2.75, 3.05) is 0 Å². The smallest absolute Gasteiger partial charge is 0.348 e. The number of aliphatic carboxylic acids is 2. The second-order valence-electron chi connectivity index (χ2n) is 6.95. The first kappa shape index (κ1) is 22.4. The van der Waals surface area contributed by atoms with E-state index in [0.29, 0.717) is 6.42 Å². The number of unbranched alkanes of at least 4 members (excludes halogenated alkanes) is 8. The molecule has 4 N–H and O–H groups in total. The lowest BCUT2D eigenvalue weighted by Gasteiger charge is -2.27. The van der Waals surface area contributed by atoms with E-state index in [4.69, 9.17) is 5.11 Å². The highest BCUT2D eigenvalue weighted by Gasteiger charge is 2.66. The van der Waals surface area contributed by atoms with Crippen LogP contribution in [0.5, 0.6) is 0 Å². The third-order valence-electron chi connectivity index (χ3n) is 4.92. The van der Waals surface area contributed by atoms with Crippen molar-refractivity contribution in [3.05, 3.63) is 0 Å². The molecule has 0 radical (unpaired) electrons. The highest BCUT2D eigenvalue weighted by atomic mass is 16.6. The number of carboxylic acids is 2. The Kier molecular flexibility index (Phi) is 9.01. The monoisotopic (exact) mass is 374 g/mol. The summed E-state index contributed by atoms with van der Waals surface area (Å²) in [5.74, 6) is -6.67. The second kappa shape index (κ2) is 10.5. The maximum Gasteiger partial charge on any atom is 0.348 e. The Bertz CT molecular complexity index is 492. The van der Waals surface area contributed by atoms with Crippen molar-refractivity contribution in [2.45, 2.75) is 88.9 Å². The number of hydrogen-bond donors (Lipinski definition) is 4. The van der Waals surface area contributed by atoms with Crippen molar-refractivity contribution in [1.82, 2.24) is 0 Å². The number of rotatable bonds is 13. The van der Waals surface area contributed by atoms with Gasteiger partial charge in [-0.3, -0.25) is 4.79 Å². The molecule has 0 aromatic heterocycles. The summed E-state index contributed by atoms with van der Waals surface area (Å²) in [6.07, 6.45) is 5.82. The minimum absolute atomic E-state index is 0.0948. The summed E-state index contributed by atoms with van der Waals surface area (Å²) in [6.45, 7) is 2.16. The zero-order valence-electron chi connectivity index (χ0n) is 15.2. The minimum atomic E-state index is -2.97. The molecule has 1 heterocycles. The van der Waals surface area contributed by atoms with Crippen LogP contribution in [0.1, 0.15) is 71.1 Å². The molecule has 0 aliphatic carbocycles. The molecular formula is C18H30O8. The SMILES string of the molecule is CCCCCCCCCCCC(O)[C@H]1C(=O)O[C@@H](C(=O)O)[C@]1(O)C(=O)O. The van der Waals surface area contributed by atoms with Gasteiger partial charge in [0.15, 0.2) is 0 Å². The van der Waals surface area contributed by atoms with Gasteiger partial charge >= 0.3 is 17.9 Å². The van der Waals surface area contributed by atoms with Gasteiger partial charge in [0, 0.05) is 0 Å². The maximum atomic E-state index is 11.8. The van der Waals surface area contributed by atoms with Gasteiger partial charge in [-0.25, -0.2) is 9.59 Å². The molecule has 1 saturated heterocycles. The van der Waals surface area contributed by atoms with E-state index in [1.165, 1.54) is 25.7 Å². The van der Waals surface area contributed by atoms with Crippen LogP contribution in [0.2, 0.25) is 0 Å². The molecule has 1 rings (SSSR count). The Balaban J connectivity index is 2.45. The zero-order chi connectivity index (χ0) is 19.7. The number of aliphatic hydroxyl groups is 2. The van der Waals surface area contributed by atoms with Crippen LogP contribution in [-0.4, -0.2) is 56.1 Å². The molecule has 150 valence electrons. The summed E-state index contributed by atoms with van der Waals surface area (Å²) in [6, 6.07) is 0. The Morgan fingerprint density at radius 3 is 2.00 bits per heavy atom. The number of aliphatic hydroxyl groups excluding tert-OH is 1. The number of carbonyl (C=O) groups is 3. The Morgan fingerprint density at radius 1 is 1.04 bits per heavy atom. The van der Waals surface area contributed by atoms with Gasteiger partial charge in [0.2, 0.25) is 11.7 Å². The van der Waals surface area contributed by atoms with Gasteiger partial charge < -0.3 is 25.2 Å². The molecule has 0 aromatic rings. The largest absolute Gasteiger partial charge is 0.479 e. The maximum absolute atomic E-state index is 11.8. The van der Waals surface area contributed by atoms with Crippen molar-refractivity contribution in [3.63, 3.8) is 0 Å². The molecule has 1 aliphatic heterocycles. The van der Waals surface area contributed by atoms with E-state index in [1.54, 1.807) is 0 Å². The Labute approximate surface area is 153 Å². The average Bonchev–Trinajstić information content (AvgIpc) is 2.85. The number of carboxylic acid groups (broad SMARTS) is 2. The Hall–Kier alpha value is -1.67. The first-order valence-corrected chi connectivity index (χ1v) is 9.33. The van der Waals surface area contributed by atoms with E-state index in [1.807, 2.05) is 0 Å².